The lowest BCUT2D eigenvalue weighted by Gasteiger charge is -2.11. The number of methoxy groups -OCH3 is 1. The monoisotopic (exact) mass is 295 g/mol. The molecule has 0 aromatic heterocycles. The Morgan fingerprint density at radius 3 is 2.62 bits per heavy atom. The van der Waals surface area contributed by atoms with Crippen molar-refractivity contribution in [3.8, 4) is 5.75 Å². The van der Waals surface area contributed by atoms with Crippen molar-refractivity contribution in [2.24, 2.45) is 0 Å². The second-order valence-electron chi connectivity index (χ2n) is 4.80. The number of carbonyl (C=O) groups is 2. The molecule has 1 aromatic carbocycles. The summed E-state index contributed by atoms with van der Waals surface area (Å²) in [5.41, 5.74) is 2.13. The molecule has 0 heterocycles. The van der Waals surface area contributed by atoms with Gasteiger partial charge in [0.1, 0.15) is 11.8 Å². The number of aliphatic hydroxyl groups is 1. The molecule has 0 aliphatic rings. The molecule has 0 aliphatic heterocycles. The molecule has 116 valence electrons. The summed E-state index contributed by atoms with van der Waals surface area (Å²) in [5.74, 6) is -0.790. The standard InChI is InChI=1S/C15H21NO5/c1-10-8-11(6-7-13(10)21-2)4-3-5-14(18)16-12(9-17)15(19)20/h6-8,12,17H,3-5,9H2,1-2H3,(H,16,18)(H,19,20). The van der Waals surface area contributed by atoms with Crippen LogP contribution < -0.4 is 10.1 Å². The topological polar surface area (TPSA) is 95.9 Å². The van der Waals surface area contributed by atoms with E-state index in [0.29, 0.717) is 6.42 Å². The highest BCUT2D eigenvalue weighted by atomic mass is 16.5. The van der Waals surface area contributed by atoms with Crippen molar-refractivity contribution >= 4 is 11.9 Å². The van der Waals surface area contributed by atoms with Crippen molar-refractivity contribution in [3.63, 3.8) is 0 Å². The van der Waals surface area contributed by atoms with Crippen LogP contribution in [0.4, 0.5) is 0 Å². The predicted octanol–water partition coefficient (Wildman–Crippen LogP) is 0.888. The second kappa shape index (κ2) is 8.26. The normalized spacial score (nSPS) is 11.8. The van der Waals surface area contributed by atoms with Crippen LogP contribution in [-0.2, 0) is 16.0 Å². The molecule has 0 saturated carbocycles. The number of amides is 1. The summed E-state index contributed by atoms with van der Waals surface area (Å²) in [6.07, 6.45) is 1.54. The number of aliphatic carboxylic acids is 1. The molecular weight excluding hydrogens is 274 g/mol. The number of carbonyl (C=O) groups excluding carboxylic acids is 1. The molecular formula is C15H21NO5. The van der Waals surface area contributed by atoms with Gasteiger partial charge in [-0.1, -0.05) is 12.1 Å². The average molecular weight is 295 g/mol. The molecule has 0 spiro atoms. The van der Waals surface area contributed by atoms with Crippen LogP contribution in [0.5, 0.6) is 5.75 Å². The smallest absolute Gasteiger partial charge is 0.328 e. The van der Waals surface area contributed by atoms with Crippen LogP contribution in [-0.4, -0.2) is 41.8 Å². The van der Waals surface area contributed by atoms with Crippen molar-refractivity contribution in [3.05, 3.63) is 29.3 Å². The van der Waals surface area contributed by atoms with Crippen molar-refractivity contribution in [2.75, 3.05) is 13.7 Å². The van der Waals surface area contributed by atoms with Crippen LogP contribution >= 0.6 is 0 Å². The Bertz CT molecular complexity index is 501. The maximum absolute atomic E-state index is 11.6. The van der Waals surface area contributed by atoms with Crippen LogP contribution in [0.25, 0.3) is 0 Å². The summed E-state index contributed by atoms with van der Waals surface area (Å²) in [6, 6.07) is 4.60. The molecule has 1 aromatic rings. The van der Waals surface area contributed by atoms with Crippen molar-refractivity contribution in [1.82, 2.24) is 5.32 Å². The van der Waals surface area contributed by atoms with E-state index in [9.17, 15) is 9.59 Å². The molecule has 0 fully saturated rings. The Morgan fingerprint density at radius 1 is 1.38 bits per heavy atom. The van der Waals surface area contributed by atoms with Gasteiger partial charge >= 0.3 is 5.97 Å². The first kappa shape index (κ1) is 17.0. The van der Waals surface area contributed by atoms with Gasteiger partial charge in [-0.05, 0) is 37.0 Å². The van der Waals surface area contributed by atoms with E-state index in [4.69, 9.17) is 14.9 Å². The molecule has 1 unspecified atom stereocenters. The molecule has 0 bridgehead atoms. The fraction of sp³-hybridized carbons (Fsp3) is 0.467. The van der Waals surface area contributed by atoms with E-state index in [1.165, 1.54) is 0 Å². The van der Waals surface area contributed by atoms with Gasteiger partial charge in [-0.3, -0.25) is 4.79 Å². The fourth-order valence-corrected chi connectivity index (χ4v) is 2.00. The summed E-state index contributed by atoms with van der Waals surface area (Å²) in [7, 11) is 1.62. The summed E-state index contributed by atoms with van der Waals surface area (Å²) in [6.45, 7) is 1.34. The van der Waals surface area contributed by atoms with Gasteiger partial charge < -0.3 is 20.3 Å². The number of hydrogen-bond donors (Lipinski definition) is 3. The lowest BCUT2D eigenvalue weighted by atomic mass is 10.0. The zero-order chi connectivity index (χ0) is 15.8. The van der Waals surface area contributed by atoms with E-state index >= 15 is 0 Å². The first-order valence-corrected chi connectivity index (χ1v) is 6.74. The van der Waals surface area contributed by atoms with Crippen LogP contribution in [0.2, 0.25) is 0 Å². The minimum atomic E-state index is -1.24. The zero-order valence-electron chi connectivity index (χ0n) is 12.3. The number of ether oxygens (including phenoxy) is 1. The molecule has 0 saturated heterocycles. The van der Waals surface area contributed by atoms with Crippen molar-refractivity contribution in [2.45, 2.75) is 32.2 Å². The van der Waals surface area contributed by atoms with Crippen LogP contribution in [0, 0.1) is 6.92 Å². The lowest BCUT2D eigenvalue weighted by molar-refractivity contribution is -0.142. The van der Waals surface area contributed by atoms with Crippen LogP contribution in [0.1, 0.15) is 24.0 Å². The molecule has 1 rings (SSSR count). The lowest BCUT2D eigenvalue weighted by Crippen LogP contribution is -2.43. The first-order valence-electron chi connectivity index (χ1n) is 6.74. The van der Waals surface area contributed by atoms with Gasteiger partial charge in [0, 0.05) is 6.42 Å². The number of nitrogens with one attached hydrogen (secondary N) is 1. The van der Waals surface area contributed by atoms with Crippen LogP contribution in [0.15, 0.2) is 18.2 Å². The third kappa shape index (κ3) is 5.43. The average Bonchev–Trinajstić information content (AvgIpc) is 2.44. The quantitative estimate of drug-likeness (QED) is 0.662. The van der Waals surface area contributed by atoms with E-state index in [0.717, 1.165) is 23.3 Å². The highest BCUT2D eigenvalue weighted by Crippen LogP contribution is 2.19. The number of carboxylic acids is 1. The molecule has 0 radical (unpaired) electrons. The van der Waals surface area contributed by atoms with E-state index < -0.39 is 18.6 Å². The molecule has 1 amide bonds. The Morgan fingerprint density at radius 2 is 2.10 bits per heavy atom. The Kier molecular flexibility index (Phi) is 6.68. The van der Waals surface area contributed by atoms with Gasteiger partial charge in [-0.15, -0.1) is 0 Å². The van der Waals surface area contributed by atoms with Crippen molar-refractivity contribution in [1.29, 1.82) is 0 Å². The SMILES string of the molecule is COc1ccc(CCCC(=O)NC(CO)C(=O)O)cc1C. The number of rotatable bonds is 8. The molecule has 3 N–H and O–H groups in total. The summed E-state index contributed by atoms with van der Waals surface area (Å²) < 4.78 is 5.18. The summed E-state index contributed by atoms with van der Waals surface area (Å²) in [5, 5.41) is 19.8. The minimum Gasteiger partial charge on any atom is -0.496 e. The van der Waals surface area contributed by atoms with E-state index in [-0.39, 0.29) is 12.3 Å². The van der Waals surface area contributed by atoms with Gasteiger partial charge in [0.15, 0.2) is 0 Å². The fourth-order valence-electron chi connectivity index (χ4n) is 2.00. The molecule has 1 atom stereocenters. The zero-order valence-corrected chi connectivity index (χ0v) is 12.3. The van der Waals surface area contributed by atoms with Gasteiger partial charge in [-0.25, -0.2) is 4.79 Å². The summed E-state index contributed by atoms with van der Waals surface area (Å²) in [4.78, 5) is 22.2. The van der Waals surface area contributed by atoms with Crippen LogP contribution in [0.3, 0.4) is 0 Å². The third-order valence-corrected chi connectivity index (χ3v) is 3.14. The van der Waals surface area contributed by atoms with Gasteiger partial charge in [-0.2, -0.15) is 0 Å². The van der Waals surface area contributed by atoms with Crippen molar-refractivity contribution < 1.29 is 24.5 Å². The Labute approximate surface area is 123 Å². The molecule has 6 heteroatoms. The highest BCUT2D eigenvalue weighted by molar-refractivity contribution is 5.83. The first-order chi connectivity index (χ1) is 9.97. The number of hydrogen-bond acceptors (Lipinski definition) is 4. The largest absolute Gasteiger partial charge is 0.496 e. The van der Waals surface area contributed by atoms with E-state index in [2.05, 4.69) is 5.32 Å². The van der Waals surface area contributed by atoms with Gasteiger partial charge in [0.25, 0.3) is 0 Å². The number of benzene rings is 1. The molecule has 6 nitrogen and oxygen atoms in total. The van der Waals surface area contributed by atoms with E-state index in [1.54, 1.807) is 7.11 Å². The third-order valence-electron chi connectivity index (χ3n) is 3.14. The minimum absolute atomic E-state index is 0.217. The van der Waals surface area contributed by atoms with Gasteiger partial charge in [0.2, 0.25) is 5.91 Å². The Balaban J connectivity index is 2.41. The van der Waals surface area contributed by atoms with E-state index in [1.807, 2.05) is 25.1 Å². The Hall–Kier alpha value is -2.08. The van der Waals surface area contributed by atoms with Gasteiger partial charge in [0.05, 0.1) is 13.7 Å². The number of aliphatic hydroxyl groups excluding tert-OH is 1. The molecule has 0 aliphatic carbocycles. The maximum Gasteiger partial charge on any atom is 0.328 e. The number of carboxylic acid groups (broad SMARTS) is 1. The predicted molar refractivity (Wildman–Crippen MR) is 77.3 cm³/mol. The highest BCUT2D eigenvalue weighted by Gasteiger charge is 2.18. The second-order valence-corrected chi connectivity index (χ2v) is 4.80. The maximum atomic E-state index is 11.6. The summed E-state index contributed by atoms with van der Waals surface area (Å²) >= 11 is 0. The number of aryl methyl sites for hydroxylation is 2. The molecule has 21 heavy (non-hydrogen) atoms.